The molecule has 5 rings (SSSR count). The maximum Gasteiger partial charge on any atom is 0.328 e. The third-order valence-electron chi connectivity index (χ3n) is 6.44. The molecule has 1 aliphatic rings. The summed E-state index contributed by atoms with van der Waals surface area (Å²) >= 11 is 12.4. The third-order valence-corrected chi connectivity index (χ3v) is 6.97. The Morgan fingerprint density at radius 2 is 1.81 bits per heavy atom. The Labute approximate surface area is 219 Å². The molecule has 184 valence electrons. The number of urea groups is 1. The normalized spacial score (nSPS) is 15.2. The van der Waals surface area contributed by atoms with Crippen LogP contribution in [-0.4, -0.2) is 15.8 Å². The number of hydrogen-bond acceptors (Lipinski definition) is 2. The number of fused-ring (bicyclic) bond motifs is 1. The van der Waals surface area contributed by atoms with Crippen molar-refractivity contribution in [3.05, 3.63) is 111 Å². The minimum Gasteiger partial charge on any atom is -0.290 e. The molecule has 5 nitrogen and oxygen atoms in total. The van der Waals surface area contributed by atoms with Crippen LogP contribution >= 0.6 is 23.2 Å². The average molecular weight is 523 g/mol. The number of hydrogen-bond donors (Lipinski definition) is 1. The number of anilines is 2. The molecule has 3 aromatic carbocycles. The van der Waals surface area contributed by atoms with Crippen molar-refractivity contribution >= 4 is 40.7 Å². The lowest BCUT2D eigenvalue weighted by Crippen LogP contribution is -2.44. The Kier molecular flexibility index (Phi) is 6.49. The van der Waals surface area contributed by atoms with Gasteiger partial charge in [-0.15, -0.1) is 0 Å². The van der Waals surface area contributed by atoms with Gasteiger partial charge in [0.15, 0.2) is 11.6 Å². The topological polar surface area (TPSA) is 50.2 Å². The van der Waals surface area contributed by atoms with Crippen LogP contribution < -0.4 is 10.2 Å². The number of aryl methyl sites for hydroxylation is 1. The van der Waals surface area contributed by atoms with Crippen molar-refractivity contribution in [1.29, 1.82) is 0 Å². The number of nitrogens with one attached hydrogen (secondary N) is 1. The van der Waals surface area contributed by atoms with Crippen LogP contribution in [0.3, 0.4) is 0 Å². The van der Waals surface area contributed by atoms with E-state index in [2.05, 4.69) is 19.2 Å². The van der Waals surface area contributed by atoms with Crippen LogP contribution in [0.4, 0.5) is 20.7 Å². The maximum absolute atomic E-state index is 15.3. The minimum atomic E-state index is -0.655. The second kappa shape index (κ2) is 9.60. The van der Waals surface area contributed by atoms with E-state index in [9.17, 15) is 4.79 Å². The summed E-state index contributed by atoms with van der Waals surface area (Å²) < 4.78 is 17.3. The fraction of sp³-hybridized carbons (Fsp3) is 0.214. The molecule has 0 saturated carbocycles. The molecule has 0 bridgehead atoms. The summed E-state index contributed by atoms with van der Waals surface area (Å²) in [6.45, 7) is 6.65. The molecule has 0 spiro atoms. The second-order valence-corrected chi connectivity index (χ2v) is 10.1. The molecule has 8 heteroatoms. The van der Waals surface area contributed by atoms with Crippen LogP contribution in [-0.2, 0) is 6.54 Å². The Hall–Kier alpha value is -3.35. The van der Waals surface area contributed by atoms with Gasteiger partial charge >= 0.3 is 6.03 Å². The summed E-state index contributed by atoms with van der Waals surface area (Å²) in [5, 5.41) is 8.26. The summed E-state index contributed by atoms with van der Waals surface area (Å²) in [5.41, 5.74) is 4.67. The van der Waals surface area contributed by atoms with Gasteiger partial charge in [0.05, 0.1) is 23.3 Å². The van der Waals surface area contributed by atoms with E-state index >= 15 is 4.39 Å². The number of benzene rings is 3. The van der Waals surface area contributed by atoms with E-state index < -0.39 is 17.9 Å². The molecule has 0 fully saturated rings. The highest BCUT2D eigenvalue weighted by Gasteiger charge is 2.41. The van der Waals surface area contributed by atoms with Gasteiger partial charge in [-0.1, -0.05) is 79.5 Å². The SMILES string of the molecule is Cc1cc(Cl)ccc1[C@@H]1c2c(nn(Cc3ccccc3)c2C(C)C)NC(=O)N1c1cccc(Cl)c1F. The number of rotatable bonds is 5. The summed E-state index contributed by atoms with van der Waals surface area (Å²) in [4.78, 5) is 15.0. The molecule has 4 aromatic rings. The number of nitrogens with zero attached hydrogens (tertiary/aromatic N) is 3. The monoisotopic (exact) mass is 522 g/mol. The summed E-state index contributed by atoms with van der Waals surface area (Å²) in [5.74, 6) is -0.115. The van der Waals surface area contributed by atoms with Crippen molar-refractivity contribution in [3.63, 3.8) is 0 Å². The Balaban J connectivity index is 1.77. The van der Waals surface area contributed by atoms with Gasteiger partial charge in [0.2, 0.25) is 0 Å². The standard InChI is InChI=1S/C28H25Cl2FN4O/c1-16(2)25-23-26(20-13-12-19(29)14-17(20)3)35(22-11-7-10-21(30)24(22)31)28(36)32-27(23)33-34(25)15-18-8-5-4-6-9-18/h4-14,16,26H,15H2,1-3H3,(H,32,33,36)/t26-/m1/s1. The average Bonchev–Trinajstić information content (AvgIpc) is 3.19. The van der Waals surface area contributed by atoms with Crippen molar-refractivity contribution in [2.24, 2.45) is 0 Å². The van der Waals surface area contributed by atoms with Crippen molar-refractivity contribution in [2.75, 3.05) is 10.2 Å². The first-order chi connectivity index (χ1) is 17.3. The summed E-state index contributed by atoms with van der Waals surface area (Å²) in [6.07, 6.45) is 0. The number of carbonyl (C=O) groups is 1. The van der Waals surface area contributed by atoms with Crippen LogP contribution in [0.25, 0.3) is 0 Å². The van der Waals surface area contributed by atoms with Gasteiger partial charge < -0.3 is 0 Å². The van der Waals surface area contributed by atoms with Gasteiger partial charge in [0, 0.05) is 16.3 Å². The zero-order chi connectivity index (χ0) is 25.6. The van der Waals surface area contributed by atoms with E-state index in [4.69, 9.17) is 28.3 Å². The fourth-order valence-corrected chi connectivity index (χ4v) is 5.31. The van der Waals surface area contributed by atoms with Crippen molar-refractivity contribution in [2.45, 2.75) is 39.3 Å². The second-order valence-electron chi connectivity index (χ2n) is 9.22. The molecular weight excluding hydrogens is 498 g/mol. The van der Waals surface area contributed by atoms with E-state index in [0.717, 1.165) is 27.9 Å². The molecule has 0 saturated heterocycles. The van der Waals surface area contributed by atoms with Gasteiger partial charge in [-0.2, -0.15) is 5.10 Å². The highest BCUT2D eigenvalue weighted by molar-refractivity contribution is 6.31. The predicted octanol–water partition coefficient (Wildman–Crippen LogP) is 7.95. The molecule has 36 heavy (non-hydrogen) atoms. The van der Waals surface area contributed by atoms with Crippen molar-refractivity contribution in [3.8, 4) is 0 Å². The fourth-order valence-electron chi connectivity index (χ4n) is 4.91. The molecule has 1 aliphatic heterocycles. The van der Waals surface area contributed by atoms with Crippen molar-refractivity contribution < 1.29 is 9.18 Å². The number of aromatic nitrogens is 2. The largest absolute Gasteiger partial charge is 0.328 e. The number of carbonyl (C=O) groups excluding carboxylic acids is 1. The zero-order valence-electron chi connectivity index (χ0n) is 20.1. The quantitative estimate of drug-likeness (QED) is 0.289. The highest BCUT2D eigenvalue weighted by atomic mass is 35.5. The Bertz CT molecular complexity index is 1450. The lowest BCUT2D eigenvalue weighted by molar-refractivity contribution is 0.254. The van der Waals surface area contributed by atoms with E-state index in [0.29, 0.717) is 17.4 Å². The smallest absolute Gasteiger partial charge is 0.290 e. The van der Waals surface area contributed by atoms with Gasteiger partial charge in [0.25, 0.3) is 0 Å². The molecule has 2 heterocycles. The molecule has 1 atom stereocenters. The maximum atomic E-state index is 15.3. The van der Waals surface area contributed by atoms with E-state index in [-0.39, 0.29) is 16.6 Å². The van der Waals surface area contributed by atoms with Crippen LogP contribution in [0, 0.1) is 12.7 Å². The summed E-state index contributed by atoms with van der Waals surface area (Å²) in [6, 6.07) is 19.1. The van der Waals surface area contributed by atoms with E-state index in [1.807, 2.05) is 54.1 Å². The molecule has 0 aliphatic carbocycles. The van der Waals surface area contributed by atoms with Gasteiger partial charge in [-0.3, -0.25) is 14.9 Å². The van der Waals surface area contributed by atoms with Crippen LogP contribution in [0.1, 0.15) is 53.8 Å². The Morgan fingerprint density at radius 1 is 1.06 bits per heavy atom. The van der Waals surface area contributed by atoms with Crippen LogP contribution in [0.15, 0.2) is 66.7 Å². The first-order valence-corrected chi connectivity index (χ1v) is 12.5. The Morgan fingerprint density at radius 3 is 2.50 bits per heavy atom. The molecule has 0 radical (unpaired) electrons. The van der Waals surface area contributed by atoms with E-state index in [1.54, 1.807) is 18.2 Å². The first kappa shape index (κ1) is 24.3. The minimum absolute atomic E-state index is 0.0541. The molecule has 1 N–H and O–H groups in total. The zero-order valence-corrected chi connectivity index (χ0v) is 21.6. The molecule has 2 amide bonds. The lowest BCUT2D eigenvalue weighted by atomic mass is 9.89. The van der Waals surface area contributed by atoms with Crippen LogP contribution in [0.2, 0.25) is 10.0 Å². The molecule has 1 aromatic heterocycles. The molecule has 0 unspecified atom stereocenters. The van der Waals surface area contributed by atoms with Crippen LogP contribution in [0.5, 0.6) is 0 Å². The highest BCUT2D eigenvalue weighted by Crippen LogP contribution is 2.46. The molecular formula is C28H25Cl2FN4O. The lowest BCUT2D eigenvalue weighted by Gasteiger charge is -2.37. The number of amides is 2. The number of halogens is 3. The van der Waals surface area contributed by atoms with Crippen molar-refractivity contribution in [1.82, 2.24) is 9.78 Å². The van der Waals surface area contributed by atoms with Gasteiger partial charge in [-0.25, -0.2) is 9.18 Å². The van der Waals surface area contributed by atoms with Gasteiger partial charge in [-0.05, 0) is 53.8 Å². The van der Waals surface area contributed by atoms with Gasteiger partial charge in [0.1, 0.15) is 0 Å². The third kappa shape index (κ3) is 4.25. The van der Waals surface area contributed by atoms with E-state index in [1.165, 1.54) is 11.0 Å². The first-order valence-electron chi connectivity index (χ1n) is 11.7. The summed E-state index contributed by atoms with van der Waals surface area (Å²) in [7, 11) is 0. The predicted molar refractivity (Wildman–Crippen MR) is 143 cm³/mol.